The van der Waals surface area contributed by atoms with Crippen molar-refractivity contribution in [2.75, 3.05) is 0 Å². The van der Waals surface area contributed by atoms with Crippen molar-refractivity contribution < 1.29 is 0 Å². The van der Waals surface area contributed by atoms with Crippen LogP contribution in [0, 0.1) is 0 Å². The second-order valence-electron chi connectivity index (χ2n) is 2.21. The van der Waals surface area contributed by atoms with E-state index in [1.807, 2.05) is 18.3 Å². The SMILES string of the molecule is Brc1cnc(-c2cccnc2)s1. The number of thiazole rings is 1. The summed E-state index contributed by atoms with van der Waals surface area (Å²) in [5, 5.41) is 0.995. The lowest BCUT2D eigenvalue weighted by Crippen LogP contribution is -1.75. The molecule has 2 aromatic rings. The third kappa shape index (κ3) is 1.54. The summed E-state index contributed by atoms with van der Waals surface area (Å²) >= 11 is 4.97. The number of nitrogens with zero attached hydrogens (tertiary/aromatic N) is 2. The Morgan fingerprint density at radius 3 is 2.83 bits per heavy atom. The van der Waals surface area contributed by atoms with E-state index in [0.29, 0.717) is 0 Å². The van der Waals surface area contributed by atoms with Crippen LogP contribution >= 0.6 is 27.3 Å². The first-order chi connectivity index (χ1) is 5.86. The quantitative estimate of drug-likeness (QED) is 0.767. The van der Waals surface area contributed by atoms with Crippen molar-refractivity contribution in [3.8, 4) is 10.6 Å². The van der Waals surface area contributed by atoms with E-state index in [0.717, 1.165) is 14.4 Å². The van der Waals surface area contributed by atoms with Crippen molar-refractivity contribution in [3.05, 3.63) is 34.5 Å². The van der Waals surface area contributed by atoms with Crippen molar-refractivity contribution in [1.29, 1.82) is 0 Å². The van der Waals surface area contributed by atoms with Crippen molar-refractivity contribution in [3.63, 3.8) is 0 Å². The Kier molecular flexibility index (Phi) is 2.19. The van der Waals surface area contributed by atoms with E-state index in [1.165, 1.54) is 0 Å². The second kappa shape index (κ2) is 3.33. The molecule has 0 aliphatic rings. The van der Waals surface area contributed by atoms with Gasteiger partial charge in [0.25, 0.3) is 0 Å². The molecule has 0 saturated heterocycles. The Balaban J connectivity index is 2.45. The van der Waals surface area contributed by atoms with Gasteiger partial charge in [0, 0.05) is 18.0 Å². The number of pyridine rings is 1. The van der Waals surface area contributed by atoms with E-state index >= 15 is 0 Å². The summed E-state index contributed by atoms with van der Waals surface area (Å²) in [5.41, 5.74) is 1.06. The second-order valence-corrected chi connectivity index (χ2v) is 4.62. The average molecular weight is 241 g/mol. The molecule has 4 heteroatoms. The van der Waals surface area contributed by atoms with Crippen molar-refractivity contribution in [2.24, 2.45) is 0 Å². The maximum absolute atomic E-state index is 4.22. The van der Waals surface area contributed by atoms with Gasteiger partial charge in [0.15, 0.2) is 0 Å². The fourth-order valence-electron chi connectivity index (χ4n) is 0.877. The highest BCUT2D eigenvalue weighted by Crippen LogP contribution is 2.27. The predicted molar refractivity (Wildman–Crippen MR) is 53.0 cm³/mol. The van der Waals surface area contributed by atoms with Gasteiger partial charge in [-0.1, -0.05) is 0 Å². The van der Waals surface area contributed by atoms with E-state index in [2.05, 4.69) is 25.9 Å². The number of hydrogen-bond donors (Lipinski definition) is 0. The van der Waals surface area contributed by atoms with E-state index in [1.54, 1.807) is 23.7 Å². The number of rotatable bonds is 1. The van der Waals surface area contributed by atoms with E-state index in [-0.39, 0.29) is 0 Å². The molecule has 0 spiro atoms. The molecule has 12 heavy (non-hydrogen) atoms. The standard InChI is InChI=1S/C8H5BrN2S/c9-7-5-11-8(12-7)6-2-1-3-10-4-6/h1-5H. The normalized spacial score (nSPS) is 10.1. The largest absolute Gasteiger partial charge is 0.264 e. The number of hydrogen-bond acceptors (Lipinski definition) is 3. The molecule has 0 amide bonds. The summed E-state index contributed by atoms with van der Waals surface area (Å²) < 4.78 is 1.04. The van der Waals surface area contributed by atoms with Crippen LogP contribution in [-0.2, 0) is 0 Å². The highest BCUT2D eigenvalue weighted by molar-refractivity contribution is 9.11. The highest BCUT2D eigenvalue weighted by atomic mass is 79.9. The lowest BCUT2D eigenvalue weighted by atomic mass is 10.3. The Labute approximate surface area is 82.4 Å². The van der Waals surface area contributed by atoms with Gasteiger partial charge < -0.3 is 0 Å². The first-order valence-corrected chi connectivity index (χ1v) is 4.99. The lowest BCUT2D eigenvalue weighted by molar-refractivity contribution is 1.31. The van der Waals surface area contributed by atoms with Gasteiger partial charge in [-0.25, -0.2) is 4.98 Å². The molecule has 2 nitrogen and oxygen atoms in total. The molecule has 0 aliphatic heterocycles. The molecule has 0 radical (unpaired) electrons. The van der Waals surface area contributed by atoms with Gasteiger partial charge in [-0.05, 0) is 28.1 Å². The fourth-order valence-corrected chi connectivity index (χ4v) is 2.07. The fraction of sp³-hybridized carbons (Fsp3) is 0. The molecule has 0 aliphatic carbocycles. The van der Waals surface area contributed by atoms with Crippen LogP contribution in [0.5, 0.6) is 0 Å². The summed E-state index contributed by atoms with van der Waals surface area (Å²) in [6.45, 7) is 0. The molecule has 60 valence electrons. The molecule has 2 rings (SSSR count). The van der Waals surface area contributed by atoms with Gasteiger partial charge in [-0.15, -0.1) is 11.3 Å². The first-order valence-electron chi connectivity index (χ1n) is 3.38. The van der Waals surface area contributed by atoms with Gasteiger partial charge >= 0.3 is 0 Å². The molecule has 0 atom stereocenters. The van der Waals surface area contributed by atoms with Crippen LogP contribution in [0.1, 0.15) is 0 Å². The van der Waals surface area contributed by atoms with E-state index in [9.17, 15) is 0 Å². The van der Waals surface area contributed by atoms with Crippen molar-refractivity contribution >= 4 is 27.3 Å². The predicted octanol–water partition coefficient (Wildman–Crippen LogP) is 2.97. The zero-order chi connectivity index (χ0) is 8.39. The third-order valence-corrected chi connectivity index (χ3v) is 2.91. The summed E-state index contributed by atoms with van der Waals surface area (Å²) in [7, 11) is 0. The van der Waals surface area contributed by atoms with Crippen LogP contribution < -0.4 is 0 Å². The smallest absolute Gasteiger partial charge is 0.125 e. The monoisotopic (exact) mass is 240 g/mol. The van der Waals surface area contributed by atoms with Gasteiger partial charge in [-0.3, -0.25) is 4.98 Å². The lowest BCUT2D eigenvalue weighted by Gasteiger charge is -1.91. The van der Waals surface area contributed by atoms with Crippen LogP contribution in [0.2, 0.25) is 0 Å². The Hall–Kier alpha value is -0.740. The van der Waals surface area contributed by atoms with Gasteiger partial charge in [-0.2, -0.15) is 0 Å². The molecule has 0 N–H and O–H groups in total. The zero-order valence-corrected chi connectivity index (χ0v) is 8.47. The Morgan fingerprint density at radius 2 is 2.25 bits per heavy atom. The minimum atomic E-state index is 0.995. The van der Waals surface area contributed by atoms with Crippen LogP contribution in [-0.4, -0.2) is 9.97 Å². The first kappa shape index (κ1) is 7.89. The van der Waals surface area contributed by atoms with Crippen LogP contribution in [0.3, 0.4) is 0 Å². The molecule has 0 unspecified atom stereocenters. The summed E-state index contributed by atoms with van der Waals surface area (Å²) in [4.78, 5) is 8.24. The Morgan fingerprint density at radius 1 is 1.33 bits per heavy atom. The zero-order valence-electron chi connectivity index (χ0n) is 6.07. The molecule has 2 heterocycles. The molecule has 0 fully saturated rings. The van der Waals surface area contributed by atoms with Crippen molar-refractivity contribution in [2.45, 2.75) is 0 Å². The molecule has 0 aromatic carbocycles. The maximum atomic E-state index is 4.22. The average Bonchev–Trinajstić information content (AvgIpc) is 2.54. The maximum Gasteiger partial charge on any atom is 0.125 e. The van der Waals surface area contributed by atoms with E-state index < -0.39 is 0 Å². The van der Waals surface area contributed by atoms with E-state index in [4.69, 9.17) is 0 Å². The van der Waals surface area contributed by atoms with Gasteiger partial charge in [0.05, 0.1) is 9.98 Å². The molecular weight excluding hydrogens is 236 g/mol. The number of halogens is 1. The minimum Gasteiger partial charge on any atom is -0.264 e. The molecule has 0 bridgehead atoms. The number of aromatic nitrogens is 2. The molecule has 0 saturated carbocycles. The summed E-state index contributed by atoms with van der Waals surface area (Å²) in [6.07, 6.45) is 5.37. The minimum absolute atomic E-state index is 0.995. The van der Waals surface area contributed by atoms with Crippen LogP contribution in [0.4, 0.5) is 0 Å². The molecule has 2 aromatic heterocycles. The summed E-state index contributed by atoms with van der Waals surface area (Å²) in [6, 6.07) is 3.91. The van der Waals surface area contributed by atoms with Crippen LogP contribution in [0.25, 0.3) is 10.6 Å². The van der Waals surface area contributed by atoms with Crippen LogP contribution in [0.15, 0.2) is 34.5 Å². The Bertz CT molecular complexity index is 372. The van der Waals surface area contributed by atoms with Crippen molar-refractivity contribution in [1.82, 2.24) is 9.97 Å². The van der Waals surface area contributed by atoms with Gasteiger partial charge in [0.1, 0.15) is 5.01 Å². The van der Waals surface area contributed by atoms with Gasteiger partial charge in [0.2, 0.25) is 0 Å². The summed E-state index contributed by atoms with van der Waals surface area (Å²) in [5.74, 6) is 0. The highest BCUT2D eigenvalue weighted by Gasteiger charge is 2.01. The topological polar surface area (TPSA) is 25.8 Å². The third-order valence-electron chi connectivity index (χ3n) is 1.39. The molecular formula is C8H5BrN2S.